The molecule has 1 unspecified atom stereocenters. The van der Waals surface area contributed by atoms with Crippen molar-refractivity contribution in [3.05, 3.63) is 83.0 Å². The highest BCUT2D eigenvalue weighted by atomic mass is 32.2. The molecule has 0 saturated heterocycles. The molecule has 0 amide bonds. The molecule has 2 aromatic carbocycles. The fraction of sp³-hybridized carbons (Fsp3) is 0.167. The summed E-state index contributed by atoms with van der Waals surface area (Å²) in [7, 11) is -1.13. The van der Waals surface area contributed by atoms with E-state index in [1.807, 2.05) is 42.5 Å². The van der Waals surface area contributed by atoms with Crippen LogP contribution in [0.5, 0.6) is 0 Å². The molecule has 24 heavy (non-hydrogen) atoms. The van der Waals surface area contributed by atoms with E-state index < -0.39 is 10.8 Å². The number of rotatable bonds is 6. The molecule has 3 rings (SSSR count). The van der Waals surface area contributed by atoms with Gasteiger partial charge in [-0.1, -0.05) is 47.6 Å². The average Bonchev–Trinajstić information content (AvgIpc) is 3.03. The molecule has 1 atom stereocenters. The number of benzene rings is 2. The van der Waals surface area contributed by atoms with Crippen LogP contribution in [0.25, 0.3) is 0 Å². The fourth-order valence-electron chi connectivity index (χ4n) is 2.25. The second kappa shape index (κ2) is 7.66. The Morgan fingerprint density at radius 1 is 1.00 bits per heavy atom. The van der Waals surface area contributed by atoms with Crippen molar-refractivity contribution < 1.29 is 8.73 Å². The summed E-state index contributed by atoms with van der Waals surface area (Å²) in [5.41, 5.74) is 2.60. The Kier molecular flexibility index (Phi) is 5.14. The van der Waals surface area contributed by atoms with E-state index in [2.05, 4.69) is 16.2 Å². The van der Waals surface area contributed by atoms with Crippen LogP contribution < -0.4 is 0 Å². The Hall–Kier alpha value is -2.78. The van der Waals surface area contributed by atoms with Crippen molar-refractivity contribution in [2.45, 2.75) is 17.9 Å². The first-order valence-corrected chi connectivity index (χ1v) is 8.91. The Morgan fingerprint density at radius 2 is 1.75 bits per heavy atom. The lowest BCUT2D eigenvalue weighted by atomic mass is 10.1. The van der Waals surface area contributed by atoms with E-state index in [1.165, 1.54) is 0 Å². The maximum absolute atomic E-state index is 12.2. The first kappa shape index (κ1) is 16.1. The number of nitriles is 1. The van der Waals surface area contributed by atoms with Crippen LogP contribution in [0.2, 0.25) is 0 Å². The number of hydrogen-bond acceptors (Lipinski definition) is 5. The van der Waals surface area contributed by atoms with E-state index in [0.29, 0.717) is 29.5 Å². The molecule has 0 saturated carbocycles. The predicted molar refractivity (Wildman–Crippen MR) is 90.3 cm³/mol. The molecule has 6 heteroatoms. The minimum Gasteiger partial charge on any atom is -0.339 e. The van der Waals surface area contributed by atoms with Gasteiger partial charge >= 0.3 is 0 Å². The maximum Gasteiger partial charge on any atom is 0.231 e. The Bertz CT molecular complexity index is 867. The van der Waals surface area contributed by atoms with Gasteiger partial charge in [-0.05, 0) is 23.3 Å². The fourth-order valence-corrected chi connectivity index (χ4v) is 3.32. The number of nitrogens with zero attached hydrogens (tertiary/aromatic N) is 3. The summed E-state index contributed by atoms with van der Waals surface area (Å²) in [4.78, 5) is 4.30. The highest BCUT2D eigenvalue weighted by Crippen LogP contribution is 2.11. The van der Waals surface area contributed by atoms with Gasteiger partial charge in [0.05, 0.1) is 23.8 Å². The van der Waals surface area contributed by atoms with Gasteiger partial charge in [0.25, 0.3) is 0 Å². The predicted octanol–water partition coefficient (Wildman–Crippen LogP) is 2.98. The third-order valence-electron chi connectivity index (χ3n) is 3.41. The largest absolute Gasteiger partial charge is 0.339 e. The SMILES string of the molecule is N#Cc1ccc(CS(=O)Cc2noc(Cc3ccccc3)n2)cc1. The zero-order valence-corrected chi connectivity index (χ0v) is 13.7. The van der Waals surface area contributed by atoms with Gasteiger partial charge in [-0.2, -0.15) is 10.2 Å². The van der Waals surface area contributed by atoms with Gasteiger partial charge in [-0.3, -0.25) is 4.21 Å². The maximum atomic E-state index is 12.2. The van der Waals surface area contributed by atoms with Crippen molar-refractivity contribution in [2.24, 2.45) is 0 Å². The third kappa shape index (κ3) is 4.37. The van der Waals surface area contributed by atoms with Crippen molar-refractivity contribution in [1.82, 2.24) is 10.1 Å². The monoisotopic (exact) mass is 337 g/mol. The minimum atomic E-state index is -1.13. The van der Waals surface area contributed by atoms with E-state index in [4.69, 9.17) is 9.78 Å². The second-order valence-electron chi connectivity index (χ2n) is 5.30. The highest BCUT2D eigenvalue weighted by Gasteiger charge is 2.11. The van der Waals surface area contributed by atoms with Gasteiger partial charge in [-0.15, -0.1) is 0 Å². The summed E-state index contributed by atoms with van der Waals surface area (Å²) >= 11 is 0. The van der Waals surface area contributed by atoms with Crippen molar-refractivity contribution >= 4 is 10.8 Å². The lowest BCUT2D eigenvalue weighted by Gasteiger charge is -2.00. The van der Waals surface area contributed by atoms with E-state index in [-0.39, 0.29) is 5.75 Å². The zero-order valence-electron chi connectivity index (χ0n) is 12.9. The van der Waals surface area contributed by atoms with E-state index >= 15 is 0 Å². The molecule has 0 aliphatic rings. The minimum absolute atomic E-state index is 0.248. The summed E-state index contributed by atoms with van der Waals surface area (Å²) < 4.78 is 17.4. The lowest BCUT2D eigenvalue weighted by Crippen LogP contribution is -2.01. The average molecular weight is 337 g/mol. The topological polar surface area (TPSA) is 79.8 Å². The molecule has 120 valence electrons. The molecule has 1 aromatic heterocycles. The number of aromatic nitrogens is 2. The molecule has 0 N–H and O–H groups in total. The Balaban J connectivity index is 1.57. The number of hydrogen-bond donors (Lipinski definition) is 0. The van der Waals surface area contributed by atoms with Crippen LogP contribution in [0.3, 0.4) is 0 Å². The summed E-state index contributed by atoms with van der Waals surface area (Å²) in [6.07, 6.45) is 0.566. The highest BCUT2D eigenvalue weighted by molar-refractivity contribution is 7.83. The lowest BCUT2D eigenvalue weighted by molar-refractivity contribution is 0.381. The van der Waals surface area contributed by atoms with E-state index in [9.17, 15) is 4.21 Å². The molecule has 1 heterocycles. The summed E-state index contributed by atoms with van der Waals surface area (Å²) in [5, 5.41) is 12.7. The second-order valence-corrected chi connectivity index (χ2v) is 6.76. The van der Waals surface area contributed by atoms with Crippen LogP contribution in [0, 0.1) is 11.3 Å². The van der Waals surface area contributed by atoms with Crippen LogP contribution >= 0.6 is 0 Å². The first-order chi connectivity index (χ1) is 11.7. The van der Waals surface area contributed by atoms with Crippen LogP contribution in [0.1, 0.15) is 28.4 Å². The molecule has 3 aromatic rings. The molecule has 0 radical (unpaired) electrons. The zero-order chi connectivity index (χ0) is 16.8. The first-order valence-electron chi connectivity index (χ1n) is 7.42. The Morgan fingerprint density at radius 3 is 2.46 bits per heavy atom. The molecule has 0 aliphatic heterocycles. The molecular weight excluding hydrogens is 322 g/mol. The van der Waals surface area contributed by atoms with Gasteiger partial charge < -0.3 is 4.52 Å². The molecule has 0 fully saturated rings. The van der Waals surface area contributed by atoms with E-state index in [0.717, 1.165) is 11.1 Å². The summed E-state index contributed by atoms with van der Waals surface area (Å²) in [5.74, 6) is 1.62. The van der Waals surface area contributed by atoms with E-state index in [1.54, 1.807) is 12.1 Å². The van der Waals surface area contributed by atoms with Crippen LogP contribution in [-0.2, 0) is 28.7 Å². The quantitative estimate of drug-likeness (QED) is 0.691. The van der Waals surface area contributed by atoms with Gasteiger partial charge in [0.1, 0.15) is 0 Å². The van der Waals surface area contributed by atoms with Crippen molar-refractivity contribution in [2.75, 3.05) is 0 Å². The van der Waals surface area contributed by atoms with Crippen LogP contribution in [0.4, 0.5) is 0 Å². The van der Waals surface area contributed by atoms with Gasteiger partial charge in [-0.25, -0.2) is 0 Å². The van der Waals surface area contributed by atoms with Crippen LogP contribution in [0.15, 0.2) is 59.1 Å². The van der Waals surface area contributed by atoms with Gasteiger partial charge in [0.15, 0.2) is 5.82 Å². The van der Waals surface area contributed by atoms with Crippen molar-refractivity contribution in [3.8, 4) is 6.07 Å². The molecule has 0 bridgehead atoms. The van der Waals surface area contributed by atoms with Crippen molar-refractivity contribution in [3.63, 3.8) is 0 Å². The van der Waals surface area contributed by atoms with Gasteiger partial charge in [0, 0.05) is 16.6 Å². The van der Waals surface area contributed by atoms with Gasteiger partial charge in [0.2, 0.25) is 5.89 Å². The standard InChI is InChI=1S/C18H15N3O2S/c19-11-15-6-8-16(9-7-15)12-24(22)13-17-20-18(23-21-17)10-14-4-2-1-3-5-14/h1-9H,10,12-13H2. The Labute approximate surface area is 142 Å². The smallest absolute Gasteiger partial charge is 0.231 e. The third-order valence-corrected chi connectivity index (χ3v) is 4.64. The van der Waals surface area contributed by atoms with Crippen molar-refractivity contribution in [1.29, 1.82) is 5.26 Å². The molecule has 0 spiro atoms. The summed E-state index contributed by atoms with van der Waals surface area (Å²) in [6, 6.07) is 19.0. The molecular formula is C18H15N3O2S. The normalized spacial score (nSPS) is 11.8. The molecule has 5 nitrogen and oxygen atoms in total. The molecule has 0 aliphatic carbocycles. The van der Waals surface area contributed by atoms with Crippen LogP contribution in [-0.4, -0.2) is 14.3 Å². The summed E-state index contributed by atoms with van der Waals surface area (Å²) in [6.45, 7) is 0.